The van der Waals surface area contributed by atoms with E-state index in [4.69, 9.17) is 5.73 Å². The second-order valence-corrected chi connectivity index (χ2v) is 4.53. The number of carbonyl (C=O) groups is 1. The van der Waals surface area contributed by atoms with Gasteiger partial charge in [-0.15, -0.1) is 10.2 Å². The van der Waals surface area contributed by atoms with E-state index < -0.39 is 11.6 Å². The highest BCUT2D eigenvalue weighted by Crippen LogP contribution is 2.52. The SMILES string of the molecule is COC(=O)c1cnc(N)c(C2(C3CC3)N=NN=N2)c1. The molecular weight excluding hydrogens is 248 g/mol. The van der Waals surface area contributed by atoms with Gasteiger partial charge in [-0.1, -0.05) is 0 Å². The summed E-state index contributed by atoms with van der Waals surface area (Å²) < 4.78 is 4.67. The number of anilines is 1. The molecule has 2 heterocycles. The molecule has 0 bridgehead atoms. The zero-order valence-corrected chi connectivity index (χ0v) is 10.3. The van der Waals surface area contributed by atoms with E-state index in [0.29, 0.717) is 11.1 Å². The average Bonchev–Trinajstić information content (AvgIpc) is 3.18. The molecule has 0 unspecified atom stereocenters. The Morgan fingerprint density at radius 3 is 2.68 bits per heavy atom. The van der Waals surface area contributed by atoms with Crippen LogP contribution in [0.25, 0.3) is 0 Å². The van der Waals surface area contributed by atoms with Crippen LogP contribution >= 0.6 is 0 Å². The molecule has 0 amide bonds. The Kier molecular flexibility index (Phi) is 2.51. The molecule has 1 fully saturated rings. The first kappa shape index (κ1) is 11.7. The number of aromatic nitrogens is 1. The molecule has 8 nitrogen and oxygen atoms in total. The molecule has 1 saturated carbocycles. The lowest BCUT2D eigenvalue weighted by atomic mass is 9.95. The van der Waals surface area contributed by atoms with Crippen LogP contribution in [0.1, 0.15) is 28.8 Å². The molecule has 1 aromatic rings. The third-order valence-corrected chi connectivity index (χ3v) is 3.32. The zero-order valence-electron chi connectivity index (χ0n) is 10.3. The van der Waals surface area contributed by atoms with Crippen LogP contribution < -0.4 is 5.73 Å². The first-order chi connectivity index (χ1) is 9.17. The van der Waals surface area contributed by atoms with Crippen LogP contribution in [0.3, 0.4) is 0 Å². The van der Waals surface area contributed by atoms with Crippen LogP contribution in [0, 0.1) is 5.92 Å². The number of methoxy groups -OCH3 is 1. The molecule has 0 atom stereocenters. The highest BCUT2D eigenvalue weighted by atomic mass is 16.5. The van der Waals surface area contributed by atoms with Gasteiger partial charge in [0.15, 0.2) is 0 Å². The lowest BCUT2D eigenvalue weighted by Crippen LogP contribution is -2.24. The summed E-state index contributed by atoms with van der Waals surface area (Å²) in [4.78, 5) is 15.6. The van der Waals surface area contributed by atoms with Crippen LogP contribution in [0.15, 0.2) is 32.9 Å². The van der Waals surface area contributed by atoms with Gasteiger partial charge < -0.3 is 10.5 Å². The number of nitrogen functional groups attached to an aromatic ring is 1. The Bertz CT molecular complexity index is 581. The minimum absolute atomic E-state index is 0.208. The summed E-state index contributed by atoms with van der Waals surface area (Å²) in [5.41, 5.74) is 5.85. The minimum atomic E-state index is -0.916. The predicted octanol–water partition coefficient (Wildman–Crippen LogP) is 1.85. The smallest absolute Gasteiger partial charge is 0.339 e. The summed E-state index contributed by atoms with van der Waals surface area (Å²) >= 11 is 0. The highest BCUT2D eigenvalue weighted by Gasteiger charge is 2.51. The van der Waals surface area contributed by atoms with Crippen molar-refractivity contribution < 1.29 is 9.53 Å². The molecule has 8 heteroatoms. The van der Waals surface area contributed by atoms with E-state index >= 15 is 0 Å². The van der Waals surface area contributed by atoms with Gasteiger partial charge in [-0.05, 0) is 29.4 Å². The Morgan fingerprint density at radius 2 is 2.11 bits per heavy atom. The average molecular weight is 260 g/mol. The molecule has 0 aromatic carbocycles. The summed E-state index contributed by atoms with van der Waals surface area (Å²) in [5.74, 6) is 0.00502. The molecule has 19 heavy (non-hydrogen) atoms. The van der Waals surface area contributed by atoms with E-state index in [-0.39, 0.29) is 11.7 Å². The molecule has 3 rings (SSSR count). The number of rotatable bonds is 3. The van der Waals surface area contributed by atoms with Crippen LogP contribution in [-0.4, -0.2) is 18.1 Å². The number of carbonyl (C=O) groups excluding carboxylic acids is 1. The first-order valence-electron chi connectivity index (χ1n) is 5.86. The van der Waals surface area contributed by atoms with Gasteiger partial charge in [-0.2, -0.15) is 0 Å². The first-order valence-corrected chi connectivity index (χ1v) is 5.86. The van der Waals surface area contributed by atoms with Gasteiger partial charge in [0.1, 0.15) is 5.82 Å². The summed E-state index contributed by atoms with van der Waals surface area (Å²) in [6, 6.07) is 1.61. The van der Waals surface area contributed by atoms with Crippen molar-refractivity contribution in [2.75, 3.05) is 12.8 Å². The van der Waals surface area contributed by atoms with Gasteiger partial charge in [-0.3, -0.25) is 0 Å². The van der Waals surface area contributed by atoms with Crippen LogP contribution in [0.4, 0.5) is 5.82 Å². The van der Waals surface area contributed by atoms with Gasteiger partial charge in [0.05, 0.1) is 12.7 Å². The Balaban J connectivity index is 2.10. The standard InChI is InChI=1S/C11H12N6O2/c1-19-10(18)6-4-8(9(12)13-5-6)11(7-2-3-7)14-16-17-15-11/h4-5,7H,2-3H2,1H3,(H2,12,13). The zero-order chi connectivity index (χ0) is 13.5. The van der Waals surface area contributed by atoms with E-state index in [1.165, 1.54) is 13.3 Å². The second kappa shape index (κ2) is 4.08. The highest BCUT2D eigenvalue weighted by molar-refractivity contribution is 5.89. The Labute approximate surface area is 108 Å². The predicted molar refractivity (Wildman–Crippen MR) is 64.1 cm³/mol. The molecule has 0 spiro atoms. The number of hydrogen-bond acceptors (Lipinski definition) is 8. The van der Waals surface area contributed by atoms with E-state index in [1.807, 2.05) is 0 Å². The minimum Gasteiger partial charge on any atom is -0.465 e. The number of hydrogen-bond donors (Lipinski definition) is 1. The molecule has 2 N–H and O–H groups in total. The fourth-order valence-electron chi connectivity index (χ4n) is 2.17. The molecule has 1 aliphatic heterocycles. The maximum Gasteiger partial charge on any atom is 0.339 e. The summed E-state index contributed by atoms with van der Waals surface area (Å²) in [6.45, 7) is 0. The maximum absolute atomic E-state index is 11.6. The number of pyridine rings is 1. The molecule has 2 aliphatic rings. The molecule has 0 saturated heterocycles. The topological polar surface area (TPSA) is 115 Å². The third kappa shape index (κ3) is 1.76. The van der Waals surface area contributed by atoms with Crippen LogP contribution in [0.5, 0.6) is 0 Å². The van der Waals surface area contributed by atoms with E-state index in [2.05, 4.69) is 30.4 Å². The van der Waals surface area contributed by atoms with Crippen molar-refractivity contribution >= 4 is 11.8 Å². The van der Waals surface area contributed by atoms with E-state index in [9.17, 15) is 4.79 Å². The van der Waals surface area contributed by atoms with Crippen LogP contribution in [0.2, 0.25) is 0 Å². The number of esters is 1. The molecule has 1 aliphatic carbocycles. The van der Waals surface area contributed by atoms with Crippen molar-refractivity contribution in [3.05, 3.63) is 23.4 Å². The molecule has 98 valence electrons. The summed E-state index contributed by atoms with van der Waals surface area (Å²) in [6.07, 6.45) is 3.31. The van der Waals surface area contributed by atoms with Crippen molar-refractivity contribution in [3.63, 3.8) is 0 Å². The Hall–Kier alpha value is -2.38. The van der Waals surface area contributed by atoms with Crippen molar-refractivity contribution in [1.82, 2.24) is 4.98 Å². The lowest BCUT2D eigenvalue weighted by molar-refractivity contribution is 0.0600. The van der Waals surface area contributed by atoms with E-state index in [1.54, 1.807) is 6.07 Å². The molecule has 1 aromatic heterocycles. The quantitative estimate of drug-likeness (QED) is 0.835. The number of nitrogens with zero attached hydrogens (tertiary/aromatic N) is 5. The van der Waals surface area contributed by atoms with E-state index in [0.717, 1.165) is 12.8 Å². The van der Waals surface area contributed by atoms with Gasteiger partial charge in [0.25, 0.3) is 0 Å². The summed E-state index contributed by atoms with van der Waals surface area (Å²) in [7, 11) is 1.31. The molecule has 0 radical (unpaired) electrons. The summed E-state index contributed by atoms with van der Waals surface area (Å²) in [5, 5.41) is 15.4. The van der Waals surface area contributed by atoms with Gasteiger partial charge in [-0.25, -0.2) is 9.78 Å². The number of nitrogens with two attached hydrogens (primary N) is 1. The van der Waals surface area contributed by atoms with Crippen LogP contribution in [-0.2, 0) is 10.4 Å². The van der Waals surface area contributed by atoms with Crippen molar-refractivity contribution in [2.24, 2.45) is 26.6 Å². The van der Waals surface area contributed by atoms with Crippen molar-refractivity contribution in [3.8, 4) is 0 Å². The Morgan fingerprint density at radius 1 is 1.42 bits per heavy atom. The largest absolute Gasteiger partial charge is 0.465 e. The fourth-order valence-corrected chi connectivity index (χ4v) is 2.17. The van der Waals surface area contributed by atoms with Gasteiger partial charge in [0, 0.05) is 17.7 Å². The molecular formula is C11H12N6O2. The van der Waals surface area contributed by atoms with Crippen molar-refractivity contribution in [1.29, 1.82) is 0 Å². The van der Waals surface area contributed by atoms with Gasteiger partial charge in [0.2, 0.25) is 5.66 Å². The number of ether oxygens (including phenoxy) is 1. The fraction of sp³-hybridized carbons (Fsp3) is 0.455. The lowest BCUT2D eigenvalue weighted by Gasteiger charge is -2.21. The monoisotopic (exact) mass is 260 g/mol. The van der Waals surface area contributed by atoms with Crippen molar-refractivity contribution in [2.45, 2.75) is 18.5 Å². The second-order valence-electron chi connectivity index (χ2n) is 4.53. The normalized spacial score (nSPS) is 19.6. The maximum atomic E-state index is 11.6. The van der Waals surface area contributed by atoms with Gasteiger partial charge >= 0.3 is 5.97 Å². The third-order valence-electron chi connectivity index (χ3n) is 3.32.